The zero-order chi connectivity index (χ0) is 25.8. The molecule has 190 valence electrons. The zero-order valence-corrected chi connectivity index (χ0v) is 21.4. The molecule has 0 bridgehead atoms. The van der Waals surface area contributed by atoms with Crippen molar-refractivity contribution >= 4 is 34.8 Å². The molecule has 1 atom stereocenters. The fourth-order valence-electron chi connectivity index (χ4n) is 4.43. The Morgan fingerprint density at radius 2 is 1.97 bits per heavy atom. The SMILES string of the molecule is O=C(c1cccc(F)c1)N(CC(=O)N1CCc2sccc2C1COc1ccc(Cl)cc1)Cc1ccco1. The maximum atomic E-state index is 13.8. The lowest BCUT2D eigenvalue weighted by Crippen LogP contribution is -2.47. The summed E-state index contributed by atoms with van der Waals surface area (Å²) in [6, 6.07) is 17.7. The van der Waals surface area contributed by atoms with Crippen molar-refractivity contribution in [2.75, 3.05) is 19.7 Å². The minimum Gasteiger partial charge on any atom is -0.491 e. The molecule has 0 aliphatic carbocycles. The second kappa shape index (κ2) is 11.2. The number of hydrogen-bond donors (Lipinski definition) is 0. The highest BCUT2D eigenvalue weighted by atomic mass is 35.5. The highest BCUT2D eigenvalue weighted by Gasteiger charge is 2.34. The number of rotatable bonds is 8. The second-order valence-electron chi connectivity index (χ2n) is 8.67. The van der Waals surface area contributed by atoms with Gasteiger partial charge in [-0.3, -0.25) is 9.59 Å². The van der Waals surface area contributed by atoms with E-state index < -0.39 is 11.7 Å². The van der Waals surface area contributed by atoms with Gasteiger partial charge < -0.3 is 19.0 Å². The number of ether oxygens (including phenoxy) is 1. The summed E-state index contributed by atoms with van der Waals surface area (Å²) in [5.41, 5.74) is 1.22. The van der Waals surface area contributed by atoms with Crippen LogP contribution in [-0.4, -0.2) is 41.3 Å². The number of furan rings is 1. The van der Waals surface area contributed by atoms with Crippen molar-refractivity contribution in [2.24, 2.45) is 0 Å². The van der Waals surface area contributed by atoms with Gasteiger partial charge in [-0.05, 0) is 78.0 Å². The molecule has 2 amide bonds. The first-order valence-corrected chi connectivity index (χ1v) is 13.0. The van der Waals surface area contributed by atoms with Crippen LogP contribution in [0.3, 0.4) is 0 Å². The smallest absolute Gasteiger partial charge is 0.254 e. The molecule has 1 aliphatic heterocycles. The quantitative estimate of drug-likeness (QED) is 0.277. The molecule has 3 heterocycles. The van der Waals surface area contributed by atoms with Gasteiger partial charge in [0.1, 0.15) is 30.5 Å². The van der Waals surface area contributed by atoms with Gasteiger partial charge in [-0.15, -0.1) is 11.3 Å². The van der Waals surface area contributed by atoms with E-state index in [2.05, 4.69) is 0 Å². The fraction of sp³-hybridized carbons (Fsp3) is 0.214. The summed E-state index contributed by atoms with van der Waals surface area (Å²) in [5, 5.41) is 2.63. The lowest BCUT2D eigenvalue weighted by molar-refractivity contribution is -0.135. The molecule has 6 nitrogen and oxygen atoms in total. The van der Waals surface area contributed by atoms with Gasteiger partial charge in [0, 0.05) is 22.0 Å². The van der Waals surface area contributed by atoms with E-state index in [4.69, 9.17) is 20.8 Å². The maximum Gasteiger partial charge on any atom is 0.254 e. The molecule has 37 heavy (non-hydrogen) atoms. The van der Waals surface area contributed by atoms with Gasteiger partial charge in [-0.1, -0.05) is 17.7 Å². The van der Waals surface area contributed by atoms with Gasteiger partial charge in [0.2, 0.25) is 5.91 Å². The van der Waals surface area contributed by atoms with E-state index in [1.165, 1.54) is 40.3 Å². The molecule has 5 rings (SSSR count). The number of fused-ring (bicyclic) bond motifs is 1. The summed E-state index contributed by atoms with van der Waals surface area (Å²) in [6.07, 6.45) is 2.24. The van der Waals surface area contributed by atoms with Gasteiger partial charge in [0.15, 0.2) is 0 Å². The third-order valence-electron chi connectivity index (χ3n) is 6.25. The number of thiophene rings is 1. The normalized spacial score (nSPS) is 14.8. The van der Waals surface area contributed by atoms with Crippen molar-refractivity contribution in [2.45, 2.75) is 19.0 Å². The van der Waals surface area contributed by atoms with Crippen LogP contribution in [0.4, 0.5) is 4.39 Å². The molecule has 0 spiro atoms. The molecule has 1 aliphatic rings. The van der Waals surface area contributed by atoms with E-state index in [9.17, 15) is 14.0 Å². The van der Waals surface area contributed by atoms with Crippen LogP contribution in [0.15, 0.2) is 82.8 Å². The summed E-state index contributed by atoms with van der Waals surface area (Å²) >= 11 is 7.65. The van der Waals surface area contributed by atoms with Crippen LogP contribution in [0.25, 0.3) is 0 Å². The predicted octanol–water partition coefficient (Wildman–Crippen LogP) is 5.98. The Bertz CT molecular complexity index is 1370. The van der Waals surface area contributed by atoms with Crippen LogP contribution in [0.1, 0.15) is 32.6 Å². The molecule has 0 radical (unpaired) electrons. The molecule has 4 aromatic rings. The average Bonchev–Trinajstić information content (AvgIpc) is 3.59. The number of halogens is 2. The Labute approximate surface area is 222 Å². The minimum absolute atomic E-state index is 0.0809. The number of carbonyl (C=O) groups is 2. The molecular weight excluding hydrogens is 515 g/mol. The van der Waals surface area contributed by atoms with Crippen LogP contribution < -0.4 is 4.74 Å². The van der Waals surface area contributed by atoms with E-state index in [0.29, 0.717) is 23.1 Å². The molecule has 2 aromatic carbocycles. The number of benzene rings is 2. The summed E-state index contributed by atoms with van der Waals surface area (Å²) < 4.78 is 25.3. The summed E-state index contributed by atoms with van der Waals surface area (Å²) in [6.45, 7) is 0.654. The van der Waals surface area contributed by atoms with Crippen molar-refractivity contribution < 1.29 is 23.1 Å². The molecule has 2 aromatic heterocycles. The third-order valence-corrected chi connectivity index (χ3v) is 7.50. The van der Waals surface area contributed by atoms with Crippen LogP contribution >= 0.6 is 22.9 Å². The molecular formula is C28H24ClFN2O4S. The van der Waals surface area contributed by atoms with Crippen molar-refractivity contribution in [3.8, 4) is 5.75 Å². The lowest BCUT2D eigenvalue weighted by Gasteiger charge is -2.37. The van der Waals surface area contributed by atoms with Crippen LogP contribution in [0.5, 0.6) is 5.75 Å². The lowest BCUT2D eigenvalue weighted by atomic mass is 10.0. The molecule has 0 saturated carbocycles. The number of carbonyl (C=O) groups excluding carboxylic acids is 2. The summed E-state index contributed by atoms with van der Waals surface area (Å²) in [5.74, 6) is -0.0151. The van der Waals surface area contributed by atoms with Crippen LogP contribution in [-0.2, 0) is 17.8 Å². The number of nitrogens with zero attached hydrogens (tertiary/aromatic N) is 2. The van der Waals surface area contributed by atoms with E-state index in [0.717, 1.165) is 12.0 Å². The van der Waals surface area contributed by atoms with E-state index in [1.54, 1.807) is 52.6 Å². The summed E-state index contributed by atoms with van der Waals surface area (Å²) in [7, 11) is 0. The highest BCUT2D eigenvalue weighted by Crippen LogP contribution is 2.34. The van der Waals surface area contributed by atoms with E-state index in [1.807, 2.05) is 11.4 Å². The Hall–Kier alpha value is -3.62. The fourth-order valence-corrected chi connectivity index (χ4v) is 5.48. The van der Waals surface area contributed by atoms with Gasteiger partial charge in [-0.25, -0.2) is 4.39 Å². The first-order chi connectivity index (χ1) is 18.0. The molecule has 0 fully saturated rings. The molecule has 0 N–H and O–H groups in total. The third kappa shape index (κ3) is 5.87. The topological polar surface area (TPSA) is 63.0 Å². The predicted molar refractivity (Wildman–Crippen MR) is 139 cm³/mol. The van der Waals surface area contributed by atoms with Gasteiger partial charge in [0.05, 0.1) is 18.8 Å². The zero-order valence-electron chi connectivity index (χ0n) is 19.8. The Morgan fingerprint density at radius 1 is 1.14 bits per heavy atom. The highest BCUT2D eigenvalue weighted by molar-refractivity contribution is 7.10. The standard InChI is InChI=1S/C28H24ClFN2O4S/c29-20-6-8-22(9-7-20)36-18-25-24-11-14-37-26(24)10-12-32(25)27(33)17-31(16-23-5-2-13-35-23)28(34)19-3-1-4-21(30)15-19/h1-9,11,13-15,25H,10,12,16-18H2. The van der Waals surface area contributed by atoms with Crippen molar-refractivity contribution in [3.63, 3.8) is 0 Å². The van der Waals surface area contributed by atoms with Gasteiger partial charge >= 0.3 is 0 Å². The van der Waals surface area contributed by atoms with Crippen LogP contribution in [0.2, 0.25) is 5.02 Å². The van der Waals surface area contributed by atoms with Crippen LogP contribution in [0, 0.1) is 5.82 Å². The first-order valence-electron chi connectivity index (χ1n) is 11.8. The Morgan fingerprint density at radius 3 is 2.73 bits per heavy atom. The Balaban J connectivity index is 1.37. The molecule has 0 saturated heterocycles. The maximum absolute atomic E-state index is 13.8. The summed E-state index contributed by atoms with van der Waals surface area (Å²) in [4.78, 5) is 31.4. The van der Waals surface area contributed by atoms with E-state index >= 15 is 0 Å². The molecule has 9 heteroatoms. The second-order valence-corrected chi connectivity index (χ2v) is 10.1. The minimum atomic E-state index is -0.518. The van der Waals surface area contributed by atoms with Crippen molar-refractivity contribution in [1.82, 2.24) is 9.80 Å². The molecule has 1 unspecified atom stereocenters. The Kier molecular flexibility index (Phi) is 7.58. The first kappa shape index (κ1) is 25.0. The van der Waals surface area contributed by atoms with Gasteiger partial charge in [-0.2, -0.15) is 0 Å². The van der Waals surface area contributed by atoms with Gasteiger partial charge in [0.25, 0.3) is 5.91 Å². The largest absolute Gasteiger partial charge is 0.491 e. The van der Waals surface area contributed by atoms with Crippen molar-refractivity contribution in [1.29, 1.82) is 0 Å². The average molecular weight is 539 g/mol. The van der Waals surface area contributed by atoms with E-state index in [-0.39, 0.29) is 37.2 Å². The van der Waals surface area contributed by atoms with Crippen molar-refractivity contribution in [3.05, 3.63) is 111 Å². The number of amides is 2. The monoisotopic (exact) mass is 538 g/mol. The number of hydrogen-bond acceptors (Lipinski definition) is 5.